The van der Waals surface area contributed by atoms with Crippen molar-refractivity contribution in [1.82, 2.24) is 10.6 Å². The van der Waals surface area contributed by atoms with Crippen LogP contribution in [0, 0.1) is 0 Å². The normalized spacial score (nSPS) is 16.2. The Morgan fingerprint density at radius 2 is 1.89 bits per heavy atom. The lowest BCUT2D eigenvalue weighted by molar-refractivity contribution is -0.139. The second kappa shape index (κ2) is 12.8. The molecule has 2 N–H and O–H groups in total. The van der Waals surface area contributed by atoms with Crippen molar-refractivity contribution >= 4 is 40.6 Å². The van der Waals surface area contributed by atoms with Crippen LogP contribution in [0.5, 0.6) is 17.2 Å². The number of methoxy groups -OCH3 is 2. The predicted molar refractivity (Wildman–Crippen MR) is 146 cm³/mol. The summed E-state index contributed by atoms with van der Waals surface area (Å²) >= 11 is 1.76. The van der Waals surface area contributed by atoms with Crippen LogP contribution >= 0.6 is 23.0 Å². The molecule has 0 radical (unpaired) electrons. The van der Waals surface area contributed by atoms with Gasteiger partial charge in [0.1, 0.15) is 11.5 Å². The van der Waals surface area contributed by atoms with E-state index >= 15 is 0 Å². The lowest BCUT2D eigenvalue weighted by Gasteiger charge is -2.21. The van der Waals surface area contributed by atoms with Crippen molar-refractivity contribution in [3.8, 4) is 17.2 Å². The van der Waals surface area contributed by atoms with E-state index in [4.69, 9.17) is 17.3 Å². The monoisotopic (exact) mass is 635 g/mol. The third-order valence-electron chi connectivity index (χ3n) is 6.04. The average Bonchev–Trinajstić information content (AvgIpc) is 2.94. The largest absolute Gasteiger partial charge is 0.497 e. The Morgan fingerprint density at radius 1 is 1.11 bits per heavy atom. The Balaban J connectivity index is 1.33. The predicted octanol–water partition coefficient (Wildman–Crippen LogP) is 2.57. The van der Waals surface area contributed by atoms with Gasteiger partial charge in [-0.2, -0.15) is 0 Å². The van der Waals surface area contributed by atoms with Gasteiger partial charge in [0.2, 0.25) is 0 Å². The van der Waals surface area contributed by atoms with Gasteiger partial charge in [0.15, 0.2) is 46.1 Å². The van der Waals surface area contributed by atoms with Crippen molar-refractivity contribution < 1.29 is 31.3 Å². The maximum absolute atomic E-state index is 14.9. The van der Waals surface area contributed by atoms with Crippen LogP contribution in [0.2, 0.25) is 0 Å². The number of carbonyl (C=O) groups is 2. The molecule has 2 amide bonds. The molecule has 1 unspecified atom stereocenters. The summed E-state index contributed by atoms with van der Waals surface area (Å²) in [6.45, 7) is 0.773. The Morgan fingerprint density at radius 3 is 2.58 bits per heavy atom. The van der Waals surface area contributed by atoms with Crippen LogP contribution in [0.3, 0.4) is 0 Å². The lowest BCUT2D eigenvalue weighted by Crippen LogP contribution is -2.44. The number of rotatable bonds is 9. The standard InChI is InChI=1S/C27H27FIN3O6/c1-35-18-6-3-16(4-7-18)9-11-31-26(33)27(34)32-17-5-8-23(20(28)13-17)37-22-10-12-30-21-15-24(36-2)25(38-29)14-19(21)22/h3-4,6-8,13-15,17H,5,9-12H2,1-2H3,(H,31,33)(H,32,34). The molecule has 1 heterocycles. The SMILES string of the molecule is COc1ccc(CCNC(=O)C(=O)NC2C=C(F)C(OC3=c4cc(OI)c(OC)cc4=NCC3)=CC2)cc1. The zero-order chi connectivity index (χ0) is 27.1. The van der Waals surface area contributed by atoms with Crippen LogP contribution < -0.4 is 33.7 Å². The maximum atomic E-state index is 14.9. The summed E-state index contributed by atoms with van der Waals surface area (Å²) in [5.41, 5.74) is 0.991. The third-order valence-corrected chi connectivity index (χ3v) is 6.52. The highest BCUT2D eigenvalue weighted by Gasteiger charge is 2.23. The number of allylic oxidation sites excluding steroid dienone is 1. The van der Waals surface area contributed by atoms with Crippen LogP contribution in [0.25, 0.3) is 5.76 Å². The van der Waals surface area contributed by atoms with E-state index in [1.165, 1.54) is 6.08 Å². The molecular formula is C27H27FIN3O6. The molecule has 1 aliphatic carbocycles. The minimum Gasteiger partial charge on any atom is -0.497 e. The number of amides is 2. The van der Waals surface area contributed by atoms with Crippen molar-refractivity contribution in [2.24, 2.45) is 4.99 Å². The van der Waals surface area contributed by atoms with Gasteiger partial charge in [0.25, 0.3) is 0 Å². The van der Waals surface area contributed by atoms with E-state index in [1.807, 2.05) is 24.3 Å². The van der Waals surface area contributed by atoms with Crippen molar-refractivity contribution in [2.75, 3.05) is 27.3 Å². The topological polar surface area (TPSA) is 107 Å². The van der Waals surface area contributed by atoms with Gasteiger partial charge in [-0.15, -0.1) is 0 Å². The molecule has 0 bridgehead atoms. The summed E-state index contributed by atoms with van der Waals surface area (Å²) in [5, 5.41) is 6.49. The average molecular weight is 635 g/mol. The third kappa shape index (κ3) is 6.63. The van der Waals surface area contributed by atoms with Gasteiger partial charge >= 0.3 is 11.8 Å². The van der Waals surface area contributed by atoms with E-state index in [-0.39, 0.29) is 18.7 Å². The zero-order valence-electron chi connectivity index (χ0n) is 20.9. The number of halogens is 2. The minimum absolute atomic E-state index is 0.0510. The summed E-state index contributed by atoms with van der Waals surface area (Å²) in [4.78, 5) is 29.0. The number of hydrogen-bond acceptors (Lipinski definition) is 7. The molecular weight excluding hydrogens is 608 g/mol. The van der Waals surface area contributed by atoms with Crippen molar-refractivity contribution in [3.63, 3.8) is 0 Å². The van der Waals surface area contributed by atoms with Crippen LogP contribution in [0.15, 0.2) is 65.1 Å². The number of hydrogen-bond donors (Lipinski definition) is 2. The van der Waals surface area contributed by atoms with E-state index in [0.29, 0.717) is 47.2 Å². The Kier molecular flexibility index (Phi) is 9.21. The molecule has 0 spiro atoms. The van der Waals surface area contributed by atoms with Gasteiger partial charge in [-0.05, 0) is 48.8 Å². The number of nitrogens with one attached hydrogen (secondary N) is 2. The first-order valence-electron chi connectivity index (χ1n) is 11.9. The van der Waals surface area contributed by atoms with E-state index < -0.39 is 23.7 Å². The fraction of sp³-hybridized carbons (Fsp3) is 0.296. The number of nitrogens with zero attached hydrogens (tertiary/aromatic N) is 1. The molecule has 4 rings (SSSR count). The minimum atomic E-state index is -0.830. The number of benzene rings is 2. The molecule has 9 nitrogen and oxygen atoms in total. The first kappa shape index (κ1) is 27.4. The van der Waals surface area contributed by atoms with Gasteiger partial charge in [0.05, 0.1) is 25.6 Å². The molecule has 0 saturated heterocycles. The first-order valence-corrected chi connectivity index (χ1v) is 12.8. The lowest BCUT2D eigenvalue weighted by atomic mass is 10.1. The molecule has 38 heavy (non-hydrogen) atoms. The second-order valence-corrected chi connectivity index (χ2v) is 8.95. The summed E-state index contributed by atoms with van der Waals surface area (Å²) in [7, 11) is 3.13. The van der Waals surface area contributed by atoms with Crippen molar-refractivity contribution in [2.45, 2.75) is 25.3 Å². The highest BCUT2D eigenvalue weighted by molar-refractivity contribution is 14.1. The smallest absolute Gasteiger partial charge is 0.309 e. The van der Waals surface area contributed by atoms with E-state index in [2.05, 4.69) is 15.6 Å². The van der Waals surface area contributed by atoms with Gasteiger partial charge in [-0.3, -0.25) is 14.6 Å². The maximum Gasteiger partial charge on any atom is 0.309 e. The van der Waals surface area contributed by atoms with Gasteiger partial charge < -0.3 is 27.9 Å². The number of fused-ring (bicyclic) bond motifs is 1. The zero-order valence-corrected chi connectivity index (χ0v) is 23.0. The van der Waals surface area contributed by atoms with E-state index in [1.54, 1.807) is 55.4 Å². The highest BCUT2D eigenvalue weighted by Crippen LogP contribution is 2.28. The summed E-state index contributed by atoms with van der Waals surface area (Å²) < 4.78 is 36.6. The molecule has 11 heteroatoms. The number of carbonyl (C=O) groups excluding carboxylic acids is 2. The van der Waals surface area contributed by atoms with Crippen LogP contribution in [0.1, 0.15) is 18.4 Å². The molecule has 0 fully saturated rings. The van der Waals surface area contributed by atoms with Gasteiger partial charge in [-0.25, -0.2) is 4.39 Å². The Bertz CT molecular complexity index is 1390. The summed E-state index contributed by atoms with van der Waals surface area (Å²) in [6, 6.07) is 10.3. The molecule has 1 aliphatic heterocycles. The molecule has 0 aromatic heterocycles. The molecule has 200 valence electrons. The Labute approximate surface area is 233 Å². The molecule has 2 aromatic rings. The quantitative estimate of drug-likeness (QED) is 0.324. The van der Waals surface area contributed by atoms with Crippen LogP contribution in [-0.4, -0.2) is 45.2 Å². The fourth-order valence-electron chi connectivity index (χ4n) is 4.05. The second-order valence-electron chi connectivity index (χ2n) is 8.51. The molecule has 0 saturated carbocycles. The highest BCUT2D eigenvalue weighted by atomic mass is 127. The summed E-state index contributed by atoms with van der Waals surface area (Å²) in [5.74, 6) is 0.154. The van der Waals surface area contributed by atoms with Crippen molar-refractivity contribution in [3.05, 3.63) is 76.3 Å². The molecule has 2 aliphatic rings. The van der Waals surface area contributed by atoms with Gasteiger partial charge in [-0.1, -0.05) is 12.1 Å². The first-order chi connectivity index (χ1) is 18.4. The van der Waals surface area contributed by atoms with Gasteiger partial charge in [0, 0.05) is 30.8 Å². The Hall–Kier alpha value is -3.61. The summed E-state index contributed by atoms with van der Waals surface area (Å²) in [6.07, 6.45) is 4.10. The fourth-order valence-corrected chi connectivity index (χ4v) is 4.39. The number of ether oxygens (including phenoxy) is 3. The van der Waals surface area contributed by atoms with E-state index in [0.717, 1.165) is 11.3 Å². The van der Waals surface area contributed by atoms with Crippen molar-refractivity contribution in [1.29, 1.82) is 0 Å². The van der Waals surface area contributed by atoms with Crippen LogP contribution in [-0.2, 0) is 20.7 Å². The molecule has 2 aromatic carbocycles. The van der Waals surface area contributed by atoms with E-state index in [9.17, 15) is 14.0 Å². The molecule has 1 atom stereocenters. The van der Waals surface area contributed by atoms with Crippen LogP contribution in [0.4, 0.5) is 4.39 Å².